The van der Waals surface area contributed by atoms with Crippen LogP contribution in [-0.2, 0) is 6.54 Å². The SMILES string of the molecule is Cc1ccc(-c2cnc(CNCC(C)C)o2)cc1F. The summed E-state index contributed by atoms with van der Waals surface area (Å²) in [6, 6.07) is 5.05. The summed E-state index contributed by atoms with van der Waals surface area (Å²) in [6.07, 6.45) is 1.64. The highest BCUT2D eigenvalue weighted by molar-refractivity contribution is 5.56. The number of halogens is 1. The summed E-state index contributed by atoms with van der Waals surface area (Å²) in [5.74, 6) is 1.57. The third-order valence-electron chi connectivity index (χ3n) is 2.84. The highest BCUT2D eigenvalue weighted by Gasteiger charge is 2.08. The molecule has 1 aromatic heterocycles. The molecule has 0 bridgehead atoms. The molecule has 102 valence electrons. The lowest BCUT2D eigenvalue weighted by Crippen LogP contribution is -2.18. The molecule has 0 unspecified atom stereocenters. The summed E-state index contributed by atoms with van der Waals surface area (Å²) in [5.41, 5.74) is 1.34. The van der Waals surface area contributed by atoms with E-state index in [0.29, 0.717) is 35.2 Å². The van der Waals surface area contributed by atoms with Crippen molar-refractivity contribution in [1.29, 1.82) is 0 Å². The monoisotopic (exact) mass is 262 g/mol. The summed E-state index contributed by atoms with van der Waals surface area (Å²) in [7, 11) is 0. The lowest BCUT2D eigenvalue weighted by molar-refractivity contribution is 0.459. The number of nitrogens with one attached hydrogen (secondary N) is 1. The average molecular weight is 262 g/mol. The average Bonchev–Trinajstić information content (AvgIpc) is 2.81. The summed E-state index contributed by atoms with van der Waals surface area (Å²) in [5, 5.41) is 3.26. The van der Waals surface area contributed by atoms with Gasteiger partial charge < -0.3 is 9.73 Å². The molecule has 0 aliphatic carbocycles. The van der Waals surface area contributed by atoms with Gasteiger partial charge in [0.1, 0.15) is 5.82 Å². The number of nitrogens with zero attached hydrogens (tertiary/aromatic N) is 1. The molecule has 1 aromatic carbocycles. The molecule has 3 nitrogen and oxygen atoms in total. The Kier molecular flexibility index (Phi) is 4.32. The van der Waals surface area contributed by atoms with Crippen LogP contribution in [0.15, 0.2) is 28.8 Å². The fourth-order valence-corrected chi connectivity index (χ4v) is 1.74. The van der Waals surface area contributed by atoms with Crippen molar-refractivity contribution >= 4 is 0 Å². The van der Waals surface area contributed by atoms with Crippen molar-refractivity contribution in [2.24, 2.45) is 5.92 Å². The Labute approximate surface area is 112 Å². The molecule has 0 fully saturated rings. The number of aryl methyl sites for hydroxylation is 1. The second-order valence-electron chi connectivity index (χ2n) is 5.11. The van der Waals surface area contributed by atoms with Gasteiger partial charge in [-0.05, 0) is 31.0 Å². The predicted octanol–water partition coefficient (Wildman–Crippen LogP) is 3.53. The van der Waals surface area contributed by atoms with Crippen molar-refractivity contribution in [2.45, 2.75) is 27.3 Å². The van der Waals surface area contributed by atoms with Crippen molar-refractivity contribution in [3.63, 3.8) is 0 Å². The first kappa shape index (κ1) is 13.7. The van der Waals surface area contributed by atoms with Gasteiger partial charge in [-0.25, -0.2) is 9.37 Å². The highest BCUT2D eigenvalue weighted by atomic mass is 19.1. The molecule has 2 aromatic rings. The van der Waals surface area contributed by atoms with E-state index >= 15 is 0 Å². The minimum Gasteiger partial charge on any atom is -0.439 e. The van der Waals surface area contributed by atoms with E-state index < -0.39 is 0 Å². The van der Waals surface area contributed by atoms with E-state index in [4.69, 9.17) is 4.42 Å². The maximum absolute atomic E-state index is 13.5. The van der Waals surface area contributed by atoms with E-state index in [1.54, 1.807) is 19.2 Å². The third-order valence-corrected chi connectivity index (χ3v) is 2.84. The Bertz CT molecular complexity index is 549. The van der Waals surface area contributed by atoms with Gasteiger partial charge in [0.05, 0.1) is 12.7 Å². The minimum absolute atomic E-state index is 0.228. The topological polar surface area (TPSA) is 38.1 Å². The largest absolute Gasteiger partial charge is 0.439 e. The van der Waals surface area contributed by atoms with Gasteiger partial charge in [-0.2, -0.15) is 0 Å². The fourth-order valence-electron chi connectivity index (χ4n) is 1.74. The number of oxazole rings is 1. The van der Waals surface area contributed by atoms with Crippen molar-refractivity contribution in [2.75, 3.05) is 6.54 Å². The Morgan fingerprint density at radius 3 is 2.84 bits per heavy atom. The standard InChI is InChI=1S/C15H19FN2O/c1-10(2)7-17-9-15-18-8-14(19-15)12-5-4-11(3)13(16)6-12/h4-6,8,10,17H,7,9H2,1-3H3. The number of aromatic nitrogens is 1. The first-order valence-corrected chi connectivity index (χ1v) is 6.48. The summed E-state index contributed by atoms with van der Waals surface area (Å²) < 4.78 is 19.1. The molecule has 1 heterocycles. The van der Waals surface area contributed by atoms with Crippen LogP contribution in [0.25, 0.3) is 11.3 Å². The van der Waals surface area contributed by atoms with Crippen LogP contribution in [0.2, 0.25) is 0 Å². The molecule has 19 heavy (non-hydrogen) atoms. The summed E-state index contributed by atoms with van der Waals surface area (Å²) >= 11 is 0. The molecule has 4 heteroatoms. The molecule has 0 aliphatic rings. The molecule has 1 N–H and O–H groups in total. The van der Waals surface area contributed by atoms with Crippen LogP contribution in [-0.4, -0.2) is 11.5 Å². The molecule has 0 atom stereocenters. The van der Waals surface area contributed by atoms with Crippen molar-refractivity contribution < 1.29 is 8.81 Å². The van der Waals surface area contributed by atoms with Crippen molar-refractivity contribution in [3.05, 3.63) is 41.7 Å². The quantitative estimate of drug-likeness (QED) is 0.895. The van der Waals surface area contributed by atoms with Crippen LogP contribution in [0, 0.1) is 18.7 Å². The first-order valence-electron chi connectivity index (χ1n) is 6.48. The number of benzene rings is 1. The molecule has 0 aliphatic heterocycles. The van der Waals surface area contributed by atoms with Crippen LogP contribution < -0.4 is 5.32 Å². The number of rotatable bonds is 5. The molecular formula is C15H19FN2O. The van der Waals surface area contributed by atoms with E-state index in [2.05, 4.69) is 24.1 Å². The second-order valence-corrected chi connectivity index (χ2v) is 5.11. The lowest BCUT2D eigenvalue weighted by atomic mass is 10.1. The molecule has 0 saturated heterocycles. The van der Waals surface area contributed by atoms with Crippen molar-refractivity contribution in [3.8, 4) is 11.3 Å². The second kappa shape index (κ2) is 5.97. The molecule has 2 rings (SSSR count). The lowest BCUT2D eigenvalue weighted by Gasteiger charge is -2.04. The van der Waals surface area contributed by atoms with E-state index in [9.17, 15) is 4.39 Å². The third kappa shape index (κ3) is 3.64. The van der Waals surface area contributed by atoms with Gasteiger partial charge in [0.2, 0.25) is 5.89 Å². The van der Waals surface area contributed by atoms with Crippen LogP contribution in [0.3, 0.4) is 0 Å². The smallest absolute Gasteiger partial charge is 0.208 e. The zero-order valence-corrected chi connectivity index (χ0v) is 11.5. The predicted molar refractivity (Wildman–Crippen MR) is 73.2 cm³/mol. The molecule has 0 saturated carbocycles. The number of hydrogen-bond acceptors (Lipinski definition) is 3. The van der Waals surface area contributed by atoms with Gasteiger partial charge >= 0.3 is 0 Å². The zero-order chi connectivity index (χ0) is 13.8. The first-order chi connectivity index (χ1) is 9.06. The zero-order valence-electron chi connectivity index (χ0n) is 11.5. The summed E-state index contributed by atoms with van der Waals surface area (Å²) in [6.45, 7) is 7.52. The van der Waals surface area contributed by atoms with E-state index in [1.165, 1.54) is 6.07 Å². The Morgan fingerprint density at radius 1 is 1.37 bits per heavy atom. The van der Waals surface area contributed by atoms with Crippen LogP contribution >= 0.6 is 0 Å². The van der Waals surface area contributed by atoms with Crippen LogP contribution in [0.1, 0.15) is 25.3 Å². The van der Waals surface area contributed by atoms with Gasteiger partial charge in [-0.15, -0.1) is 0 Å². The normalized spacial score (nSPS) is 11.2. The van der Waals surface area contributed by atoms with Crippen LogP contribution in [0.5, 0.6) is 0 Å². The Hall–Kier alpha value is -1.68. The Morgan fingerprint density at radius 2 is 2.16 bits per heavy atom. The maximum Gasteiger partial charge on any atom is 0.208 e. The molecule has 0 radical (unpaired) electrons. The molecule has 0 amide bonds. The van der Waals surface area contributed by atoms with Gasteiger partial charge in [-0.1, -0.05) is 26.0 Å². The van der Waals surface area contributed by atoms with Gasteiger partial charge in [0, 0.05) is 5.56 Å². The Balaban J connectivity index is 2.05. The summed E-state index contributed by atoms with van der Waals surface area (Å²) in [4.78, 5) is 4.19. The van der Waals surface area contributed by atoms with E-state index in [1.807, 2.05) is 6.07 Å². The van der Waals surface area contributed by atoms with Crippen molar-refractivity contribution in [1.82, 2.24) is 10.3 Å². The minimum atomic E-state index is -0.228. The molecule has 0 spiro atoms. The van der Waals surface area contributed by atoms with Crippen LogP contribution in [0.4, 0.5) is 4.39 Å². The number of hydrogen-bond donors (Lipinski definition) is 1. The highest BCUT2D eigenvalue weighted by Crippen LogP contribution is 2.22. The van der Waals surface area contributed by atoms with Gasteiger partial charge in [0.15, 0.2) is 5.76 Å². The van der Waals surface area contributed by atoms with E-state index in [0.717, 1.165) is 6.54 Å². The van der Waals surface area contributed by atoms with E-state index in [-0.39, 0.29) is 5.82 Å². The van der Waals surface area contributed by atoms with Gasteiger partial charge in [-0.3, -0.25) is 0 Å². The molecular weight excluding hydrogens is 243 g/mol. The maximum atomic E-state index is 13.5. The fraction of sp³-hybridized carbons (Fsp3) is 0.400. The van der Waals surface area contributed by atoms with Gasteiger partial charge in [0.25, 0.3) is 0 Å².